The molecule has 1 saturated heterocycles. The highest BCUT2D eigenvalue weighted by atomic mass is 35.5. The van der Waals surface area contributed by atoms with Crippen LogP contribution in [0.2, 0.25) is 5.02 Å². The van der Waals surface area contributed by atoms with E-state index in [0.29, 0.717) is 40.3 Å². The Labute approximate surface area is 161 Å². The second-order valence-corrected chi connectivity index (χ2v) is 7.84. The van der Waals surface area contributed by atoms with Gasteiger partial charge in [0.2, 0.25) is 0 Å². The predicted octanol–water partition coefficient (Wildman–Crippen LogP) is 6.06. The molecule has 1 heterocycles. The molecule has 0 bridgehead atoms. The molecule has 0 saturated carbocycles. The van der Waals surface area contributed by atoms with E-state index < -0.39 is 5.76 Å². The number of rotatable bonds is 4. The van der Waals surface area contributed by atoms with Crippen LogP contribution in [0.3, 0.4) is 0 Å². The van der Waals surface area contributed by atoms with Crippen LogP contribution in [-0.2, 0) is 0 Å². The second kappa shape index (κ2) is 8.87. The number of benzene rings is 2. The molecule has 1 aliphatic heterocycles. The molecule has 1 fully saturated rings. The lowest BCUT2D eigenvalue weighted by Gasteiger charge is -2.25. The van der Waals surface area contributed by atoms with Crippen molar-refractivity contribution in [2.24, 2.45) is 0 Å². The van der Waals surface area contributed by atoms with Crippen LogP contribution >= 0.6 is 23.4 Å². The molecule has 3 rings (SSSR count). The van der Waals surface area contributed by atoms with E-state index in [1.807, 2.05) is 24.3 Å². The maximum absolute atomic E-state index is 13.0. The molecular weight excluding hydrogens is 376 g/mol. The van der Waals surface area contributed by atoms with Crippen LogP contribution < -0.4 is 0 Å². The molecule has 1 aliphatic rings. The first kappa shape index (κ1) is 19.2. The molecule has 2 nitrogen and oxygen atoms in total. The molecule has 0 spiro atoms. The van der Waals surface area contributed by atoms with Gasteiger partial charge in [-0.3, -0.25) is 4.79 Å². The molecule has 138 valence electrons. The Morgan fingerprint density at radius 2 is 1.85 bits per heavy atom. The van der Waals surface area contributed by atoms with Crippen molar-refractivity contribution < 1.29 is 13.6 Å². The summed E-state index contributed by atoms with van der Waals surface area (Å²) in [5.74, 6) is -2.49. The van der Waals surface area contributed by atoms with Crippen molar-refractivity contribution in [3.63, 3.8) is 0 Å². The number of amides is 1. The first-order valence-electron chi connectivity index (χ1n) is 8.63. The van der Waals surface area contributed by atoms with Crippen LogP contribution in [0.1, 0.15) is 41.1 Å². The van der Waals surface area contributed by atoms with Crippen LogP contribution in [0.5, 0.6) is 0 Å². The van der Waals surface area contributed by atoms with Crippen LogP contribution in [0.25, 0.3) is 0 Å². The van der Waals surface area contributed by atoms with Crippen molar-refractivity contribution >= 4 is 29.3 Å². The zero-order chi connectivity index (χ0) is 18.5. The molecule has 2 aromatic carbocycles. The highest BCUT2D eigenvalue weighted by Gasteiger charge is 2.26. The van der Waals surface area contributed by atoms with Crippen molar-refractivity contribution in [3.05, 3.63) is 64.7 Å². The van der Waals surface area contributed by atoms with E-state index in [2.05, 4.69) is 0 Å². The minimum atomic E-state index is -2.55. The maximum Gasteiger partial charge on any atom is 0.288 e. The number of nitrogens with zero attached hydrogens (tertiary/aromatic N) is 1. The standard InChI is InChI=1S/C20H20ClF2NOS/c21-16-10-8-14(9-11-16)15-5-3-4-12-24(13-15)19(25)17-6-1-2-7-18(17)26-20(22)23/h1-2,6-11,15,20H,3-5,12-13H2. The van der Waals surface area contributed by atoms with Gasteiger partial charge in [-0.1, -0.05) is 54.0 Å². The van der Waals surface area contributed by atoms with Crippen molar-refractivity contribution in [1.29, 1.82) is 0 Å². The fourth-order valence-electron chi connectivity index (χ4n) is 3.35. The molecule has 1 amide bonds. The van der Waals surface area contributed by atoms with E-state index in [1.165, 1.54) is 0 Å². The molecule has 0 aromatic heterocycles. The Morgan fingerprint density at radius 1 is 1.12 bits per heavy atom. The minimum absolute atomic E-state index is 0.172. The zero-order valence-corrected chi connectivity index (χ0v) is 15.8. The first-order valence-corrected chi connectivity index (χ1v) is 9.89. The second-order valence-electron chi connectivity index (χ2n) is 6.37. The quantitative estimate of drug-likeness (QED) is 0.586. The van der Waals surface area contributed by atoms with Crippen molar-refractivity contribution in [1.82, 2.24) is 4.90 Å². The Bertz CT molecular complexity index is 754. The lowest BCUT2D eigenvalue weighted by atomic mass is 9.94. The Balaban J connectivity index is 1.81. The Hall–Kier alpha value is -1.59. The number of halogens is 3. The Kier molecular flexibility index (Phi) is 6.54. The van der Waals surface area contributed by atoms with Gasteiger partial charge in [0.15, 0.2) is 0 Å². The fraction of sp³-hybridized carbons (Fsp3) is 0.350. The van der Waals surface area contributed by atoms with Crippen LogP contribution in [0, 0.1) is 0 Å². The number of carbonyl (C=O) groups is 1. The zero-order valence-electron chi connectivity index (χ0n) is 14.2. The third-order valence-corrected chi connectivity index (χ3v) is 5.67. The normalized spacial score (nSPS) is 18.0. The molecule has 0 aliphatic carbocycles. The van der Waals surface area contributed by atoms with Gasteiger partial charge >= 0.3 is 0 Å². The first-order chi connectivity index (χ1) is 12.5. The number of likely N-dealkylation sites (tertiary alicyclic amines) is 1. The summed E-state index contributed by atoms with van der Waals surface area (Å²) in [6.07, 6.45) is 2.95. The number of hydrogen-bond donors (Lipinski definition) is 0. The molecule has 6 heteroatoms. The lowest BCUT2D eigenvalue weighted by Crippen LogP contribution is -2.34. The summed E-state index contributed by atoms with van der Waals surface area (Å²) in [5.41, 5.74) is 1.51. The summed E-state index contributed by atoms with van der Waals surface area (Å²) < 4.78 is 25.6. The van der Waals surface area contributed by atoms with E-state index in [9.17, 15) is 13.6 Å². The number of hydrogen-bond acceptors (Lipinski definition) is 2. The molecule has 0 N–H and O–H groups in total. The average molecular weight is 396 g/mol. The van der Waals surface area contributed by atoms with Gasteiger partial charge in [0.25, 0.3) is 11.7 Å². The molecular formula is C20H20ClF2NOS. The van der Waals surface area contributed by atoms with Crippen LogP contribution in [0.15, 0.2) is 53.4 Å². The van der Waals surface area contributed by atoms with Gasteiger partial charge in [-0.15, -0.1) is 0 Å². The van der Waals surface area contributed by atoms with Crippen molar-refractivity contribution in [2.45, 2.75) is 35.8 Å². The Morgan fingerprint density at radius 3 is 2.58 bits per heavy atom. The summed E-state index contributed by atoms with van der Waals surface area (Å²) in [6.45, 7) is 1.24. The van der Waals surface area contributed by atoms with E-state index in [-0.39, 0.29) is 11.8 Å². The van der Waals surface area contributed by atoms with E-state index in [4.69, 9.17) is 11.6 Å². The summed E-state index contributed by atoms with van der Waals surface area (Å²) in [5, 5.41) is 0.688. The van der Waals surface area contributed by atoms with Crippen LogP contribution in [-0.4, -0.2) is 29.7 Å². The SMILES string of the molecule is O=C(c1ccccc1SC(F)F)N1CCCCC(c2ccc(Cl)cc2)C1. The van der Waals surface area contributed by atoms with Gasteiger partial charge in [-0.05, 0) is 42.7 Å². The number of alkyl halides is 2. The minimum Gasteiger partial charge on any atom is -0.338 e. The molecule has 26 heavy (non-hydrogen) atoms. The van der Waals surface area contributed by atoms with Crippen molar-refractivity contribution in [2.75, 3.05) is 13.1 Å². The third kappa shape index (κ3) is 4.77. The average Bonchev–Trinajstić information content (AvgIpc) is 2.88. The topological polar surface area (TPSA) is 20.3 Å². The van der Waals surface area contributed by atoms with E-state index >= 15 is 0 Å². The highest BCUT2D eigenvalue weighted by Crippen LogP contribution is 2.32. The predicted molar refractivity (Wildman–Crippen MR) is 102 cm³/mol. The summed E-state index contributed by atoms with van der Waals surface area (Å²) >= 11 is 6.40. The molecule has 2 aromatic rings. The van der Waals surface area contributed by atoms with Gasteiger partial charge in [0.1, 0.15) is 0 Å². The lowest BCUT2D eigenvalue weighted by molar-refractivity contribution is 0.0751. The third-order valence-electron chi connectivity index (χ3n) is 4.63. The van der Waals surface area contributed by atoms with Gasteiger partial charge in [0, 0.05) is 28.9 Å². The van der Waals surface area contributed by atoms with Crippen LogP contribution in [0.4, 0.5) is 8.78 Å². The number of carbonyl (C=O) groups excluding carboxylic acids is 1. The van der Waals surface area contributed by atoms with Crippen molar-refractivity contribution in [3.8, 4) is 0 Å². The van der Waals surface area contributed by atoms with E-state index in [0.717, 1.165) is 24.8 Å². The summed E-state index contributed by atoms with van der Waals surface area (Å²) in [6, 6.07) is 14.3. The summed E-state index contributed by atoms with van der Waals surface area (Å²) in [4.78, 5) is 15.2. The maximum atomic E-state index is 13.0. The highest BCUT2D eigenvalue weighted by molar-refractivity contribution is 7.99. The monoisotopic (exact) mass is 395 g/mol. The van der Waals surface area contributed by atoms with Gasteiger partial charge < -0.3 is 4.90 Å². The number of thioether (sulfide) groups is 1. The molecule has 1 unspecified atom stereocenters. The van der Waals surface area contributed by atoms with E-state index in [1.54, 1.807) is 29.2 Å². The smallest absolute Gasteiger partial charge is 0.288 e. The summed E-state index contributed by atoms with van der Waals surface area (Å²) in [7, 11) is 0. The fourth-order valence-corrected chi connectivity index (χ4v) is 4.10. The molecule has 0 radical (unpaired) electrons. The largest absolute Gasteiger partial charge is 0.338 e. The molecule has 1 atom stereocenters. The van der Waals surface area contributed by atoms with Gasteiger partial charge in [-0.25, -0.2) is 0 Å². The van der Waals surface area contributed by atoms with Gasteiger partial charge in [-0.2, -0.15) is 8.78 Å². The van der Waals surface area contributed by atoms with Gasteiger partial charge in [0.05, 0.1) is 5.56 Å².